The molecule has 3 rings (SSSR count). The predicted octanol–water partition coefficient (Wildman–Crippen LogP) is 3.32. The fraction of sp³-hybridized carbons (Fsp3) is 0.300. The molecule has 2 aromatic rings. The molecule has 2 heterocycles. The Balaban J connectivity index is 1.43. The molecule has 1 aliphatic rings. The van der Waals surface area contributed by atoms with Crippen LogP contribution in [0, 0.1) is 6.92 Å². The van der Waals surface area contributed by atoms with E-state index >= 15 is 0 Å². The average molecular weight is 353 g/mol. The maximum absolute atomic E-state index is 12.3. The van der Waals surface area contributed by atoms with Gasteiger partial charge in [0.25, 0.3) is 0 Å². The molecular weight excluding hydrogens is 330 g/mol. The van der Waals surface area contributed by atoms with Crippen molar-refractivity contribution in [1.82, 2.24) is 14.8 Å². The highest BCUT2D eigenvalue weighted by Crippen LogP contribution is 2.10. The molecule has 0 atom stereocenters. The number of amides is 1. The van der Waals surface area contributed by atoms with Crippen LogP contribution in [0.2, 0.25) is 0 Å². The number of benzene rings is 1. The highest BCUT2D eigenvalue weighted by Gasteiger charge is 2.18. The van der Waals surface area contributed by atoms with Crippen molar-refractivity contribution in [2.75, 3.05) is 32.7 Å². The third kappa shape index (κ3) is 5.37. The van der Waals surface area contributed by atoms with E-state index in [0.717, 1.165) is 43.4 Å². The van der Waals surface area contributed by atoms with E-state index in [1.54, 1.807) is 23.5 Å². The molecule has 4 nitrogen and oxygen atoms in total. The molecule has 1 saturated heterocycles. The number of carbonyl (C=O) groups excluding carboxylic acids is 1. The second-order valence-electron chi connectivity index (χ2n) is 6.06. The minimum absolute atomic E-state index is 0.0742. The minimum atomic E-state index is 0.0742. The summed E-state index contributed by atoms with van der Waals surface area (Å²) in [7, 11) is 0. The Hall–Kier alpha value is -2.24. The van der Waals surface area contributed by atoms with Gasteiger partial charge in [0.1, 0.15) is 0 Å². The first-order valence-electron chi connectivity index (χ1n) is 8.54. The summed E-state index contributed by atoms with van der Waals surface area (Å²) in [5.41, 5.74) is 2.08. The van der Waals surface area contributed by atoms with Crippen LogP contribution in [-0.4, -0.2) is 53.4 Å². The quantitative estimate of drug-likeness (QED) is 0.774. The van der Waals surface area contributed by atoms with Crippen LogP contribution in [0.25, 0.3) is 12.2 Å². The van der Waals surface area contributed by atoms with Gasteiger partial charge in [-0.25, -0.2) is 4.98 Å². The molecule has 130 valence electrons. The number of nitrogens with zero attached hydrogens (tertiary/aromatic N) is 3. The average Bonchev–Trinajstić information content (AvgIpc) is 3.06. The zero-order valence-corrected chi connectivity index (χ0v) is 15.3. The largest absolute Gasteiger partial charge is 0.337 e. The van der Waals surface area contributed by atoms with Crippen LogP contribution in [0.15, 0.2) is 47.9 Å². The summed E-state index contributed by atoms with van der Waals surface area (Å²) >= 11 is 1.60. The summed E-state index contributed by atoms with van der Waals surface area (Å²) in [5.74, 6) is 0.0742. The monoisotopic (exact) mass is 353 g/mol. The van der Waals surface area contributed by atoms with Crippen LogP contribution in [0.1, 0.15) is 16.3 Å². The van der Waals surface area contributed by atoms with Crippen molar-refractivity contribution in [3.05, 3.63) is 64.1 Å². The molecular formula is C20H23N3OS. The van der Waals surface area contributed by atoms with Gasteiger partial charge in [0.05, 0.1) is 10.7 Å². The van der Waals surface area contributed by atoms with Gasteiger partial charge in [-0.15, -0.1) is 11.3 Å². The molecule has 0 unspecified atom stereocenters. The van der Waals surface area contributed by atoms with E-state index in [0.29, 0.717) is 0 Å². The SMILES string of the molecule is Cc1nc(/C=C/C(=O)N2CCN(C/C=C/c3ccccc3)CC2)cs1. The van der Waals surface area contributed by atoms with Gasteiger partial charge in [0.2, 0.25) is 5.91 Å². The Bertz CT molecular complexity index is 743. The number of aromatic nitrogens is 1. The lowest BCUT2D eigenvalue weighted by molar-refractivity contribution is -0.127. The summed E-state index contributed by atoms with van der Waals surface area (Å²) < 4.78 is 0. The van der Waals surface area contributed by atoms with Crippen molar-refractivity contribution in [2.45, 2.75) is 6.92 Å². The summed E-state index contributed by atoms with van der Waals surface area (Å²) in [4.78, 5) is 20.9. The molecule has 0 N–H and O–H groups in total. The smallest absolute Gasteiger partial charge is 0.246 e. The van der Waals surface area contributed by atoms with Gasteiger partial charge in [0, 0.05) is 44.2 Å². The van der Waals surface area contributed by atoms with Crippen molar-refractivity contribution in [3.8, 4) is 0 Å². The van der Waals surface area contributed by atoms with Gasteiger partial charge < -0.3 is 4.90 Å². The van der Waals surface area contributed by atoms with Gasteiger partial charge in [-0.3, -0.25) is 9.69 Å². The maximum atomic E-state index is 12.3. The van der Waals surface area contributed by atoms with Crippen LogP contribution >= 0.6 is 11.3 Å². The van der Waals surface area contributed by atoms with Crippen LogP contribution < -0.4 is 0 Å². The first kappa shape index (κ1) is 17.6. The number of rotatable bonds is 5. The Morgan fingerprint density at radius 1 is 1.16 bits per heavy atom. The molecule has 25 heavy (non-hydrogen) atoms. The highest BCUT2D eigenvalue weighted by molar-refractivity contribution is 7.09. The van der Waals surface area contributed by atoms with Crippen LogP contribution in [0.5, 0.6) is 0 Å². The van der Waals surface area contributed by atoms with Gasteiger partial charge >= 0.3 is 0 Å². The Morgan fingerprint density at radius 2 is 1.92 bits per heavy atom. The van der Waals surface area contributed by atoms with Gasteiger partial charge in [0.15, 0.2) is 0 Å². The summed E-state index contributed by atoms with van der Waals surface area (Å²) in [5, 5.41) is 2.99. The van der Waals surface area contributed by atoms with Crippen molar-refractivity contribution in [2.24, 2.45) is 0 Å². The van der Waals surface area contributed by atoms with E-state index in [4.69, 9.17) is 0 Å². The molecule has 1 fully saturated rings. The number of hydrogen-bond donors (Lipinski definition) is 0. The molecule has 0 aliphatic carbocycles. The van der Waals surface area contributed by atoms with Crippen LogP contribution in [-0.2, 0) is 4.79 Å². The summed E-state index contributed by atoms with van der Waals surface area (Å²) in [6, 6.07) is 10.3. The molecule has 1 aromatic carbocycles. The second kappa shape index (κ2) is 8.74. The number of aryl methyl sites for hydroxylation is 1. The van der Waals surface area contributed by atoms with Crippen molar-refractivity contribution >= 4 is 29.4 Å². The van der Waals surface area contributed by atoms with Gasteiger partial charge in [-0.2, -0.15) is 0 Å². The second-order valence-corrected chi connectivity index (χ2v) is 7.13. The predicted molar refractivity (Wildman–Crippen MR) is 104 cm³/mol. The molecule has 1 aromatic heterocycles. The number of piperazine rings is 1. The zero-order chi connectivity index (χ0) is 17.5. The molecule has 0 radical (unpaired) electrons. The third-order valence-corrected chi connectivity index (χ3v) is 4.98. The first-order valence-corrected chi connectivity index (χ1v) is 9.42. The van der Waals surface area contributed by atoms with Crippen LogP contribution in [0.3, 0.4) is 0 Å². The molecule has 5 heteroatoms. The minimum Gasteiger partial charge on any atom is -0.337 e. The lowest BCUT2D eigenvalue weighted by Crippen LogP contribution is -2.48. The van der Waals surface area contributed by atoms with E-state index in [9.17, 15) is 4.79 Å². The van der Waals surface area contributed by atoms with Gasteiger partial charge in [-0.05, 0) is 18.6 Å². The lowest BCUT2D eigenvalue weighted by Gasteiger charge is -2.33. The fourth-order valence-corrected chi connectivity index (χ4v) is 3.35. The van der Waals surface area contributed by atoms with Crippen molar-refractivity contribution < 1.29 is 4.79 Å². The van der Waals surface area contributed by atoms with E-state index < -0.39 is 0 Å². The van der Waals surface area contributed by atoms with Crippen molar-refractivity contribution in [1.29, 1.82) is 0 Å². The molecule has 0 spiro atoms. The van der Waals surface area contributed by atoms with E-state index in [2.05, 4.69) is 34.2 Å². The third-order valence-electron chi connectivity index (χ3n) is 4.19. The molecule has 1 amide bonds. The number of thiazole rings is 1. The van der Waals surface area contributed by atoms with Crippen LogP contribution in [0.4, 0.5) is 0 Å². The van der Waals surface area contributed by atoms with E-state index in [1.807, 2.05) is 35.4 Å². The molecule has 0 saturated carbocycles. The Morgan fingerprint density at radius 3 is 2.60 bits per heavy atom. The Labute approximate surface area is 153 Å². The summed E-state index contributed by atoms with van der Waals surface area (Å²) in [6.45, 7) is 6.26. The van der Waals surface area contributed by atoms with Gasteiger partial charge in [-0.1, -0.05) is 42.5 Å². The standard InChI is InChI=1S/C20H23N3OS/c1-17-21-19(16-25-17)9-10-20(24)23-14-12-22(13-15-23)11-5-8-18-6-3-2-4-7-18/h2-10,16H,11-15H2,1H3/b8-5+,10-9+. The van der Waals surface area contributed by atoms with Crippen molar-refractivity contribution in [3.63, 3.8) is 0 Å². The highest BCUT2D eigenvalue weighted by atomic mass is 32.1. The normalized spacial score (nSPS) is 16.1. The Kier molecular flexibility index (Phi) is 6.14. The zero-order valence-electron chi connectivity index (χ0n) is 14.5. The van der Waals surface area contributed by atoms with E-state index in [1.165, 1.54) is 5.56 Å². The first-order chi connectivity index (χ1) is 12.2. The number of carbonyl (C=O) groups is 1. The number of hydrogen-bond acceptors (Lipinski definition) is 4. The molecule has 0 bridgehead atoms. The maximum Gasteiger partial charge on any atom is 0.246 e. The van der Waals surface area contributed by atoms with E-state index in [-0.39, 0.29) is 5.91 Å². The lowest BCUT2D eigenvalue weighted by atomic mass is 10.2. The molecule has 1 aliphatic heterocycles. The fourth-order valence-electron chi connectivity index (χ4n) is 2.77. The summed E-state index contributed by atoms with van der Waals surface area (Å²) in [6.07, 6.45) is 7.79. The topological polar surface area (TPSA) is 36.4 Å².